The molecule has 1 saturated heterocycles. The van der Waals surface area contributed by atoms with Crippen LogP contribution < -0.4 is 15.5 Å². The van der Waals surface area contributed by atoms with Crippen LogP contribution in [-0.4, -0.2) is 68.7 Å². The number of amides is 2. The standard InChI is InChI=1S/C22H34N4O3/c1-17(22(28)24-18-6-4-3-5-7-18)25(2)16-21(27)23-19-8-10-20(11-9-19)26-12-14-29-15-13-26/h8-11,17-18H,3-7,12-16H2,1-2H3,(H,23,27)(H,24,28). The predicted octanol–water partition coefficient (Wildman–Crippen LogP) is 2.23. The van der Waals surface area contributed by atoms with Crippen molar-refractivity contribution in [3.8, 4) is 0 Å². The Morgan fingerprint density at radius 1 is 1.14 bits per heavy atom. The van der Waals surface area contributed by atoms with Crippen molar-refractivity contribution >= 4 is 23.2 Å². The van der Waals surface area contributed by atoms with Gasteiger partial charge in [-0.3, -0.25) is 14.5 Å². The fraction of sp³-hybridized carbons (Fsp3) is 0.636. The molecule has 7 heteroatoms. The molecule has 2 amide bonds. The van der Waals surface area contributed by atoms with Crippen LogP contribution in [0.2, 0.25) is 0 Å². The van der Waals surface area contributed by atoms with Gasteiger partial charge in [-0.25, -0.2) is 0 Å². The van der Waals surface area contributed by atoms with E-state index in [-0.39, 0.29) is 30.4 Å². The van der Waals surface area contributed by atoms with Gasteiger partial charge >= 0.3 is 0 Å². The normalized spacial score (nSPS) is 19.1. The summed E-state index contributed by atoms with van der Waals surface area (Å²) in [6.45, 7) is 5.29. The van der Waals surface area contributed by atoms with E-state index in [0.29, 0.717) is 0 Å². The van der Waals surface area contributed by atoms with Crippen molar-refractivity contribution < 1.29 is 14.3 Å². The highest BCUT2D eigenvalue weighted by atomic mass is 16.5. The Morgan fingerprint density at radius 3 is 2.45 bits per heavy atom. The van der Waals surface area contributed by atoms with Crippen molar-refractivity contribution in [2.45, 2.75) is 51.1 Å². The third-order valence-electron chi connectivity index (χ3n) is 5.91. The number of hydrogen-bond donors (Lipinski definition) is 2. The van der Waals surface area contributed by atoms with Crippen molar-refractivity contribution in [1.29, 1.82) is 0 Å². The van der Waals surface area contributed by atoms with Gasteiger partial charge in [0.15, 0.2) is 0 Å². The van der Waals surface area contributed by atoms with Gasteiger partial charge in [-0.1, -0.05) is 19.3 Å². The van der Waals surface area contributed by atoms with Crippen LogP contribution in [0.3, 0.4) is 0 Å². The molecular formula is C22H34N4O3. The number of ether oxygens (including phenoxy) is 1. The van der Waals surface area contributed by atoms with Crippen LogP contribution in [-0.2, 0) is 14.3 Å². The lowest BCUT2D eigenvalue weighted by molar-refractivity contribution is -0.127. The third kappa shape index (κ3) is 6.44. The molecule has 1 aliphatic carbocycles. The zero-order valence-corrected chi connectivity index (χ0v) is 17.7. The van der Waals surface area contributed by atoms with Crippen molar-refractivity contribution in [2.24, 2.45) is 0 Å². The average molecular weight is 403 g/mol. The highest BCUT2D eigenvalue weighted by molar-refractivity contribution is 5.93. The first-order valence-electron chi connectivity index (χ1n) is 10.8. The molecule has 0 bridgehead atoms. The van der Waals surface area contributed by atoms with Crippen molar-refractivity contribution in [2.75, 3.05) is 50.1 Å². The third-order valence-corrected chi connectivity index (χ3v) is 5.91. The van der Waals surface area contributed by atoms with Crippen LogP contribution >= 0.6 is 0 Å². The summed E-state index contributed by atoms with van der Waals surface area (Å²) < 4.78 is 5.38. The van der Waals surface area contributed by atoms with Gasteiger partial charge in [-0.2, -0.15) is 0 Å². The minimum Gasteiger partial charge on any atom is -0.378 e. The summed E-state index contributed by atoms with van der Waals surface area (Å²) in [6, 6.07) is 7.82. The SMILES string of the molecule is CC(C(=O)NC1CCCCC1)N(C)CC(=O)Nc1ccc(N2CCOCC2)cc1. The summed E-state index contributed by atoms with van der Waals surface area (Å²) in [7, 11) is 1.81. The van der Waals surface area contributed by atoms with Crippen molar-refractivity contribution in [3.05, 3.63) is 24.3 Å². The summed E-state index contributed by atoms with van der Waals surface area (Å²) in [5.41, 5.74) is 1.90. The first-order chi connectivity index (χ1) is 14.0. The maximum atomic E-state index is 12.5. The molecule has 1 atom stereocenters. The quantitative estimate of drug-likeness (QED) is 0.732. The number of rotatable bonds is 7. The lowest BCUT2D eigenvalue weighted by Crippen LogP contribution is -2.49. The topological polar surface area (TPSA) is 73.9 Å². The molecule has 0 radical (unpaired) electrons. The molecule has 1 unspecified atom stereocenters. The molecule has 1 heterocycles. The molecule has 160 valence electrons. The molecule has 2 N–H and O–H groups in total. The van der Waals surface area contributed by atoms with Gasteiger partial charge < -0.3 is 20.3 Å². The zero-order valence-electron chi connectivity index (χ0n) is 17.7. The van der Waals surface area contributed by atoms with E-state index in [1.807, 2.05) is 38.2 Å². The van der Waals surface area contributed by atoms with Gasteiger partial charge in [0.2, 0.25) is 11.8 Å². The number of benzene rings is 1. The number of morpholine rings is 1. The van der Waals surface area contributed by atoms with E-state index in [1.54, 1.807) is 4.90 Å². The highest BCUT2D eigenvalue weighted by Gasteiger charge is 2.23. The number of hydrogen-bond acceptors (Lipinski definition) is 5. The summed E-state index contributed by atoms with van der Waals surface area (Å²) in [6.07, 6.45) is 5.74. The molecule has 0 aromatic heterocycles. The van der Waals surface area contributed by atoms with E-state index in [2.05, 4.69) is 15.5 Å². The first-order valence-corrected chi connectivity index (χ1v) is 10.8. The minimum atomic E-state index is -0.341. The van der Waals surface area contributed by atoms with E-state index < -0.39 is 0 Å². The first kappa shape index (κ1) is 21.6. The number of anilines is 2. The maximum absolute atomic E-state index is 12.5. The van der Waals surface area contributed by atoms with Crippen LogP contribution in [0.5, 0.6) is 0 Å². The molecule has 7 nitrogen and oxygen atoms in total. The number of nitrogens with zero attached hydrogens (tertiary/aromatic N) is 2. The molecule has 1 aromatic rings. The van der Waals surface area contributed by atoms with Gasteiger partial charge in [0, 0.05) is 30.5 Å². The number of nitrogens with one attached hydrogen (secondary N) is 2. The van der Waals surface area contributed by atoms with E-state index in [1.165, 1.54) is 19.3 Å². The fourth-order valence-electron chi connectivity index (χ4n) is 3.91. The Morgan fingerprint density at radius 2 is 1.79 bits per heavy atom. The van der Waals surface area contributed by atoms with Crippen LogP contribution in [0, 0.1) is 0 Å². The lowest BCUT2D eigenvalue weighted by Gasteiger charge is -2.29. The number of carbonyl (C=O) groups is 2. The van der Waals surface area contributed by atoms with Gasteiger partial charge in [0.25, 0.3) is 0 Å². The Bertz CT molecular complexity index is 667. The maximum Gasteiger partial charge on any atom is 0.238 e. The highest BCUT2D eigenvalue weighted by Crippen LogP contribution is 2.19. The van der Waals surface area contributed by atoms with Crippen LogP contribution in [0.25, 0.3) is 0 Å². The van der Waals surface area contributed by atoms with Crippen LogP contribution in [0.4, 0.5) is 11.4 Å². The molecule has 29 heavy (non-hydrogen) atoms. The summed E-state index contributed by atoms with van der Waals surface area (Å²) >= 11 is 0. The average Bonchev–Trinajstić information content (AvgIpc) is 2.75. The monoisotopic (exact) mass is 402 g/mol. The minimum absolute atomic E-state index is 0.00191. The van der Waals surface area contributed by atoms with Gasteiger partial charge in [-0.05, 0) is 51.1 Å². The second kappa shape index (κ2) is 10.6. The Hall–Kier alpha value is -2.12. The van der Waals surface area contributed by atoms with E-state index >= 15 is 0 Å². The van der Waals surface area contributed by atoms with Gasteiger partial charge in [-0.15, -0.1) is 0 Å². The lowest BCUT2D eigenvalue weighted by atomic mass is 9.95. The molecule has 3 rings (SSSR count). The molecule has 2 aliphatic rings. The molecule has 1 aliphatic heterocycles. The second-order valence-corrected chi connectivity index (χ2v) is 8.13. The Kier molecular flexibility index (Phi) is 7.89. The number of likely N-dealkylation sites (N-methyl/N-ethyl adjacent to an activating group) is 1. The van der Waals surface area contributed by atoms with E-state index in [0.717, 1.165) is 50.5 Å². The van der Waals surface area contributed by atoms with Gasteiger partial charge in [0.05, 0.1) is 25.8 Å². The molecule has 2 fully saturated rings. The summed E-state index contributed by atoms with van der Waals surface area (Å²) in [5.74, 6) is -0.119. The summed E-state index contributed by atoms with van der Waals surface area (Å²) in [4.78, 5) is 29.0. The van der Waals surface area contributed by atoms with Crippen molar-refractivity contribution in [1.82, 2.24) is 10.2 Å². The molecule has 1 aromatic carbocycles. The predicted molar refractivity (Wildman–Crippen MR) is 115 cm³/mol. The molecular weight excluding hydrogens is 368 g/mol. The largest absolute Gasteiger partial charge is 0.378 e. The van der Waals surface area contributed by atoms with E-state index in [9.17, 15) is 9.59 Å². The van der Waals surface area contributed by atoms with E-state index in [4.69, 9.17) is 4.74 Å². The smallest absolute Gasteiger partial charge is 0.238 e. The second-order valence-electron chi connectivity index (χ2n) is 8.13. The Balaban J connectivity index is 1.44. The fourth-order valence-corrected chi connectivity index (χ4v) is 3.91. The van der Waals surface area contributed by atoms with Crippen LogP contribution in [0.15, 0.2) is 24.3 Å². The van der Waals surface area contributed by atoms with Crippen LogP contribution in [0.1, 0.15) is 39.0 Å². The Labute approximate surface area is 173 Å². The number of carbonyl (C=O) groups excluding carboxylic acids is 2. The van der Waals surface area contributed by atoms with Gasteiger partial charge in [0.1, 0.15) is 0 Å². The molecule has 1 saturated carbocycles. The zero-order chi connectivity index (χ0) is 20.6. The molecule has 0 spiro atoms. The van der Waals surface area contributed by atoms with Crippen molar-refractivity contribution in [3.63, 3.8) is 0 Å². The summed E-state index contributed by atoms with van der Waals surface area (Å²) in [5, 5.41) is 6.06.